The second-order valence-corrected chi connectivity index (χ2v) is 9.69. The summed E-state index contributed by atoms with van der Waals surface area (Å²) in [7, 11) is 0. The molecule has 0 amide bonds. The van der Waals surface area contributed by atoms with Gasteiger partial charge in [-0.05, 0) is 35.1 Å². The third-order valence-electron chi connectivity index (χ3n) is 5.97. The Bertz CT molecular complexity index is 1190. The Morgan fingerprint density at radius 3 is 2.41 bits per heavy atom. The summed E-state index contributed by atoms with van der Waals surface area (Å²) in [6.45, 7) is 5.22. The zero-order valence-corrected chi connectivity index (χ0v) is 20.0. The third kappa shape index (κ3) is 5.25. The molecule has 2 aromatic carbocycles. The first-order chi connectivity index (χ1) is 16.2. The monoisotopic (exact) mass is 482 g/mol. The van der Waals surface area contributed by atoms with Crippen molar-refractivity contribution in [3.8, 4) is 22.3 Å². The van der Waals surface area contributed by atoms with Gasteiger partial charge in [0, 0.05) is 40.5 Å². The highest BCUT2D eigenvalue weighted by atomic mass is 35.5. The molecule has 178 valence electrons. The fourth-order valence-corrected chi connectivity index (χ4v) is 4.76. The van der Waals surface area contributed by atoms with Crippen molar-refractivity contribution in [2.24, 2.45) is 5.41 Å². The molecule has 0 spiro atoms. The van der Waals surface area contributed by atoms with Crippen LogP contribution in [0, 0.1) is 15.5 Å². The normalized spacial score (nSPS) is 14.0. The van der Waals surface area contributed by atoms with Gasteiger partial charge in [-0.15, -0.1) is 10.1 Å². The second-order valence-electron chi connectivity index (χ2n) is 9.25. The number of hydrogen-bond acceptors (Lipinski definition) is 5. The molecule has 0 unspecified atom stereocenters. The van der Waals surface area contributed by atoms with Crippen LogP contribution >= 0.6 is 11.6 Å². The highest BCUT2D eigenvalue weighted by Crippen LogP contribution is 2.47. The molecule has 0 radical (unpaired) electrons. The fraction of sp³-hybridized carbons (Fsp3) is 0.346. The highest BCUT2D eigenvalue weighted by Gasteiger charge is 2.36. The molecule has 34 heavy (non-hydrogen) atoms. The van der Waals surface area contributed by atoms with Gasteiger partial charge >= 0.3 is 5.97 Å². The predicted molar refractivity (Wildman–Crippen MR) is 130 cm³/mol. The van der Waals surface area contributed by atoms with Crippen molar-refractivity contribution in [3.63, 3.8) is 0 Å². The Labute approximate surface area is 203 Å². The molecule has 0 fully saturated rings. The van der Waals surface area contributed by atoms with Crippen molar-refractivity contribution in [2.45, 2.75) is 39.7 Å². The molecular weight excluding hydrogens is 456 g/mol. The summed E-state index contributed by atoms with van der Waals surface area (Å²) in [5, 5.41) is 10.1. The smallest absolute Gasteiger partial charge is 0.311 e. The SMILES string of the molecule is CC1(C)Cc2c(-c3ccccc3)c(-c3ccc(Cl)cc3)c(CC(=O)OCCCO[N+](=O)[O-])n2C1. The summed E-state index contributed by atoms with van der Waals surface area (Å²) in [6, 6.07) is 17.9. The van der Waals surface area contributed by atoms with Crippen LogP contribution in [0.4, 0.5) is 0 Å². The number of rotatable bonds is 9. The average Bonchev–Trinajstić information content (AvgIpc) is 3.25. The number of fused-ring (bicyclic) bond motifs is 1. The molecular formula is C26H27ClN2O5. The zero-order valence-electron chi connectivity index (χ0n) is 19.3. The van der Waals surface area contributed by atoms with Gasteiger partial charge in [-0.3, -0.25) is 4.79 Å². The summed E-state index contributed by atoms with van der Waals surface area (Å²) in [5.41, 5.74) is 6.43. The van der Waals surface area contributed by atoms with Crippen LogP contribution in [0.15, 0.2) is 54.6 Å². The lowest BCUT2D eigenvalue weighted by Crippen LogP contribution is -2.17. The van der Waals surface area contributed by atoms with E-state index < -0.39 is 5.09 Å². The Morgan fingerprint density at radius 2 is 1.74 bits per heavy atom. The molecule has 0 aliphatic carbocycles. The summed E-state index contributed by atoms with van der Waals surface area (Å²) >= 11 is 6.16. The van der Waals surface area contributed by atoms with Crippen molar-refractivity contribution in [1.29, 1.82) is 0 Å². The van der Waals surface area contributed by atoms with Gasteiger partial charge in [0.1, 0.15) is 0 Å². The molecule has 2 heterocycles. The number of halogens is 1. The summed E-state index contributed by atoms with van der Waals surface area (Å²) in [6.07, 6.45) is 1.25. The van der Waals surface area contributed by atoms with Gasteiger partial charge in [0.25, 0.3) is 5.09 Å². The van der Waals surface area contributed by atoms with Crippen LogP contribution in [-0.4, -0.2) is 28.8 Å². The first-order valence-corrected chi connectivity index (χ1v) is 11.6. The minimum absolute atomic E-state index is 0.0630. The first-order valence-electron chi connectivity index (χ1n) is 11.2. The number of carbonyl (C=O) groups is 1. The molecule has 0 saturated carbocycles. The van der Waals surface area contributed by atoms with Crippen LogP contribution in [0.5, 0.6) is 0 Å². The lowest BCUT2D eigenvalue weighted by Gasteiger charge is -2.19. The standard InChI is InChI=1S/C26H27ClN2O5/c1-26(2)16-22-25(18-7-4-3-5-8-18)24(19-9-11-20(27)12-10-19)21(28(22)17-26)15-23(30)33-13-6-14-34-29(31)32/h3-5,7-12H,6,13-17H2,1-2H3. The first kappa shape index (κ1) is 23.8. The third-order valence-corrected chi connectivity index (χ3v) is 6.22. The van der Waals surface area contributed by atoms with Gasteiger partial charge in [0.15, 0.2) is 0 Å². The maximum Gasteiger partial charge on any atom is 0.311 e. The number of nitrogens with zero attached hydrogens (tertiary/aromatic N) is 2. The van der Waals surface area contributed by atoms with Gasteiger partial charge in [-0.1, -0.05) is 67.9 Å². The molecule has 0 bridgehead atoms. The van der Waals surface area contributed by atoms with E-state index in [1.54, 1.807) is 0 Å². The molecule has 1 aliphatic heterocycles. The Kier molecular flexibility index (Phi) is 6.93. The number of esters is 1. The zero-order chi connectivity index (χ0) is 24.3. The van der Waals surface area contributed by atoms with Gasteiger partial charge in [-0.25, -0.2) is 0 Å². The maximum absolute atomic E-state index is 12.8. The van der Waals surface area contributed by atoms with E-state index in [0.717, 1.165) is 40.9 Å². The Morgan fingerprint density at radius 1 is 1.06 bits per heavy atom. The van der Waals surface area contributed by atoms with Crippen molar-refractivity contribution < 1.29 is 19.5 Å². The van der Waals surface area contributed by atoms with Crippen LogP contribution in [0.2, 0.25) is 5.02 Å². The molecule has 0 N–H and O–H groups in total. The van der Waals surface area contributed by atoms with Gasteiger partial charge < -0.3 is 14.1 Å². The lowest BCUT2D eigenvalue weighted by atomic mass is 9.86. The quantitative estimate of drug-likeness (QED) is 0.168. The number of carbonyl (C=O) groups excluding carboxylic acids is 1. The molecule has 8 heteroatoms. The van der Waals surface area contributed by atoms with E-state index in [4.69, 9.17) is 16.3 Å². The predicted octanol–water partition coefficient (Wildman–Crippen LogP) is 5.74. The van der Waals surface area contributed by atoms with Crippen molar-refractivity contribution >= 4 is 17.6 Å². The highest BCUT2D eigenvalue weighted by molar-refractivity contribution is 6.30. The van der Waals surface area contributed by atoms with Crippen LogP contribution in [0.25, 0.3) is 22.3 Å². The van der Waals surface area contributed by atoms with E-state index in [0.29, 0.717) is 5.02 Å². The number of hydrogen-bond donors (Lipinski definition) is 0. The molecule has 7 nitrogen and oxygen atoms in total. The molecule has 4 rings (SSSR count). The molecule has 1 aliphatic rings. The van der Waals surface area contributed by atoms with Gasteiger partial charge in [0.05, 0.1) is 19.6 Å². The van der Waals surface area contributed by atoms with E-state index in [2.05, 4.69) is 35.4 Å². The maximum atomic E-state index is 12.8. The summed E-state index contributed by atoms with van der Waals surface area (Å²) < 4.78 is 7.66. The lowest BCUT2D eigenvalue weighted by molar-refractivity contribution is -0.757. The van der Waals surface area contributed by atoms with Gasteiger partial charge in [0.2, 0.25) is 0 Å². The molecule has 3 aromatic rings. The minimum atomic E-state index is -0.850. The molecule has 1 aromatic heterocycles. The number of aromatic nitrogens is 1. The van der Waals surface area contributed by atoms with E-state index >= 15 is 0 Å². The summed E-state index contributed by atoms with van der Waals surface area (Å²) in [5.74, 6) is -0.374. The molecule has 0 saturated heterocycles. The van der Waals surface area contributed by atoms with Crippen molar-refractivity contribution in [3.05, 3.63) is 81.1 Å². The second kappa shape index (κ2) is 9.89. The van der Waals surface area contributed by atoms with E-state index in [1.165, 1.54) is 5.69 Å². The average molecular weight is 483 g/mol. The van der Waals surface area contributed by atoms with Crippen LogP contribution in [0.3, 0.4) is 0 Å². The number of benzene rings is 2. The van der Waals surface area contributed by atoms with Crippen LogP contribution in [-0.2, 0) is 33.8 Å². The largest absolute Gasteiger partial charge is 0.465 e. The number of ether oxygens (including phenoxy) is 1. The topological polar surface area (TPSA) is 83.6 Å². The summed E-state index contributed by atoms with van der Waals surface area (Å²) in [4.78, 5) is 27.4. The van der Waals surface area contributed by atoms with Crippen LogP contribution in [0.1, 0.15) is 31.7 Å². The Hall–Kier alpha value is -3.32. The Balaban J connectivity index is 1.72. The van der Waals surface area contributed by atoms with Crippen LogP contribution < -0.4 is 0 Å². The molecule has 0 atom stereocenters. The van der Waals surface area contributed by atoms with Crippen molar-refractivity contribution in [1.82, 2.24) is 4.57 Å². The van der Waals surface area contributed by atoms with Gasteiger partial charge in [-0.2, -0.15) is 0 Å². The fourth-order valence-electron chi connectivity index (χ4n) is 4.63. The van der Waals surface area contributed by atoms with E-state index in [1.807, 2.05) is 42.5 Å². The minimum Gasteiger partial charge on any atom is -0.465 e. The van der Waals surface area contributed by atoms with E-state index in [-0.39, 0.29) is 37.4 Å². The van der Waals surface area contributed by atoms with E-state index in [9.17, 15) is 14.9 Å². The van der Waals surface area contributed by atoms with Crippen molar-refractivity contribution in [2.75, 3.05) is 13.2 Å².